The van der Waals surface area contributed by atoms with Crippen molar-refractivity contribution < 1.29 is 14.4 Å². The topological polar surface area (TPSA) is 155 Å². The maximum atomic E-state index is 11.2. The monoisotopic (exact) mass is 655 g/mol. The fourth-order valence-corrected chi connectivity index (χ4v) is 10.6. The molecule has 1 saturated heterocycles. The van der Waals surface area contributed by atoms with Gasteiger partial charge >= 0.3 is 0 Å². The summed E-state index contributed by atoms with van der Waals surface area (Å²) in [6.07, 6.45) is 10.2. The lowest BCUT2D eigenvalue weighted by molar-refractivity contribution is 0.0321. The molecule has 6 heterocycles. The summed E-state index contributed by atoms with van der Waals surface area (Å²) in [5, 5.41) is 32.7. The number of hydrogen-bond acceptors (Lipinski definition) is 12. The lowest BCUT2D eigenvalue weighted by Crippen LogP contribution is -2.53. The zero-order valence-corrected chi connectivity index (χ0v) is 28.1. The van der Waals surface area contributed by atoms with Crippen LogP contribution in [-0.2, 0) is 18.3 Å². The fourth-order valence-electron chi connectivity index (χ4n) is 9.47. The lowest BCUT2D eigenvalue weighted by Gasteiger charge is -2.42. The molecular formula is C34H41N9O3S. The van der Waals surface area contributed by atoms with Crippen molar-refractivity contribution in [1.82, 2.24) is 29.8 Å². The maximum Gasteiger partial charge on any atom is 0.246 e. The second kappa shape index (κ2) is 10.4. The van der Waals surface area contributed by atoms with E-state index in [0.29, 0.717) is 53.6 Å². The number of aliphatic hydroxyl groups is 1. The molecule has 0 radical (unpaired) electrons. The summed E-state index contributed by atoms with van der Waals surface area (Å²) >= 11 is 1.55. The quantitative estimate of drug-likeness (QED) is 0.315. The molecule has 5 atom stereocenters. The van der Waals surface area contributed by atoms with Gasteiger partial charge < -0.3 is 29.9 Å². The number of thiophene rings is 1. The number of piperidine rings is 1. The van der Waals surface area contributed by atoms with Crippen molar-refractivity contribution in [3.63, 3.8) is 0 Å². The molecule has 3 aliphatic carbocycles. The number of ether oxygens (including phenoxy) is 1. The van der Waals surface area contributed by atoms with Gasteiger partial charge in [-0.15, -0.1) is 16.4 Å². The predicted octanol–water partition coefficient (Wildman–Crippen LogP) is 4.72. The average Bonchev–Trinajstić information content (AvgIpc) is 3.82. The Morgan fingerprint density at radius 1 is 1.11 bits per heavy atom. The summed E-state index contributed by atoms with van der Waals surface area (Å²) in [5.41, 5.74) is 9.18. The number of aryl methyl sites for hydroxylation is 1. The van der Waals surface area contributed by atoms with Gasteiger partial charge in [-0.1, -0.05) is 5.16 Å². The maximum absolute atomic E-state index is 11.2. The second-order valence-corrected chi connectivity index (χ2v) is 16.0. The number of nitriles is 1. The van der Waals surface area contributed by atoms with E-state index >= 15 is 0 Å². The van der Waals surface area contributed by atoms with Gasteiger partial charge in [-0.2, -0.15) is 5.26 Å². The molecule has 47 heavy (non-hydrogen) atoms. The van der Waals surface area contributed by atoms with Crippen LogP contribution in [0.25, 0.3) is 22.6 Å². The SMILES string of the molecule is CN(C)[C@H]1CCC[C@@H]1n1nc2c3c(nc(-c4noc5c4CCC[C@@]54CCCc5sc(N)c(C#N)c54)nc31)N1C[C@](C)(O)CC[C@@H]1CO2. The number of fused-ring (bicyclic) bond motifs is 6. The molecular weight excluding hydrogens is 615 g/mol. The summed E-state index contributed by atoms with van der Waals surface area (Å²) in [6, 6.07) is 2.95. The number of rotatable bonds is 3. The number of nitrogens with zero attached hydrogens (tertiary/aromatic N) is 8. The molecule has 3 N–H and O–H groups in total. The molecule has 1 saturated carbocycles. The first kappa shape index (κ1) is 29.4. The summed E-state index contributed by atoms with van der Waals surface area (Å²) in [7, 11) is 4.27. The lowest BCUT2D eigenvalue weighted by atomic mass is 9.63. The van der Waals surface area contributed by atoms with Gasteiger partial charge in [-0.05, 0) is 97.2 Å². The molecule has 2 aliphatic heterocycles. The van der Waals surface area contributed by atoms with Crippen molar-refractivity contribution in [2.45, 2.75) is 107 Å². The first-order chi connectivity index (χ1) is 22.7. The Bertz CT molecular complexity index is 1950. The third kappa shape index (κ3) is 4.23. The van der Waals surface area contributed by atoms with Crippen LogP contribution in [0.15, 0.2) is 4.52 Å². The molecule has 0 bridgehead atoms. The molecule has 246 valence electrons. The highest BCUT2D eigenvalue weighted by atomic mass is 32.1. The number of nitrogen functional groups attached to an aromatic ring is 1. The van der Waals surface area contributed by atoms with E-state index in [9.17, 15) is 10.4 Å². The standard InChI is InChI=1S/C34H41N9O3S/c1-33(44)14-11-18-16-45-32-24-30(42(18)17-33)37-29(38-31(24)43(39-32)22-9-4-8-21(22)41(2)3)26-19-7-5-12-34(27(19)46-40-26)13-6-10-23-25(34)20(15-35)28(36)47-23/h18,21-22,44H,4-14,16-17,36H2,1-3H3/t18-,21+,22+,33-,34+/m1/s1. The van der Waals surface area contributed by atoms with E-state index < -0.39 is 11.0 Å². The van der Waals surface area contributed by atoms with Crippen molar-refractivity contribution in [3.8, 4) is 23.5 Å². The van der Waals surface area contributed by atoms with E-state index in [-0.39, 0.29) is 12.1 Å². The van der Waals surface area contributed by atoms with Crippen LogP contribution in [0.5, 0.6) is 5.88 Å². The van der Waals surface area contributed by atoms with Crippen LogP contribution >= 0.6 is 11.3 Å². The first-order valence-corrected chi connectivity index (χ1v) is 17.9. The summed E-state index contributed by atoms with van der Waals surface area (Å²) < 4.78 is 14.9. The van der Waals surface area contributed by atoms with Crippen LogP contribution in [0.1, 0.15) is 98.1 Å². The largest absolute Gasteiger partial charge is 0.474 e. The summed E-state index contributed by atoms with van der Waals surface area (Å²) in [4.78, 5) is 16.2. The molecule has 0 amide bonds. The first-order valence-electron chi connectivity index (χ1n) is 17.1. The van der Waals surface area contributed by atoms with E-state index in [4.69, 9.17) is 35.2 Å². The zero-order chi connectivity index (χ0) is 32.2. The van der Waals surface area contributed by atoms with E-state index in [2.05, 4.69) is 34.6 Å². The number of hydrogen-bond donors (Lipinski definition) is 2. The van der Waals surface area contributed by atoms with Crippen LogP contribution < -0.4 is 15.4 Å². The third-order valence-corrected chi connectivity index (χ3v) is 12.7. The van der Waals surface area contributed by atoms with Crippen LogP contribution in [0.2, 0.25) is 0 Å². The van der Waals surface area contributed by atoms with Gasteiger partial charge in [0.05, 0.1) is 28.7 Å². The zero-order valence-electron chi connectivity index (χ0n) is 27.3. The molecule has 0 unspecified atom stereocenters. The Balaban J connectivity index is 1.25. The number of likely N-dealkylation sites (N-methyl/N-ethyl adjacent to an activating group) is 1. The van der Waals surface area contributed by atoms with Crippen LogP contribution in [0, 0.1) is 11.3 Å². The average molecular weight is 656 g/mol. The van der Waals surface area contributed by atoms with E-state index in [1.54, 1.807) is 11.3 Å². The molecule has 4 aromatic rings. The number of anilines is 2. The Hall–Kier alpha value is -3.73. The highest BCUT2D eigenvalue weighted by Crippen LogP contribution is 2.55. The summed E-state index contributed by atoms with van der Waals surface area (Å²) in [5.74, 6) is 2.65. The van der Waals surface area contributed by atoms with Gasteiger partial charge in [-0.3, -0.25) is 0 Å². The van der Waals surface area contributed by atoms with Gasteiger partial charge in [0.2, 0.25) is 5.88 Å². The van der Waals surface area contributed by atoms with Gasteiger partial charge in [-0.25, -0.2) is 14.6 Å². The molecule has 12 nitrogen and oxygen atoms in total. The Labute approximate surface area is 277 Å². The molecule has 5 aliphatic rings. The molecule has 9 rings (SSSR count). The minimum Gasteiger partial charge on any atom is -0.474 e. The molecule has 13 heteroatoms. The van der Waals surface area contributed by atoms with Crippen LogP contribution in [0.4, 0.5) is 10.8 Å². The Morgan fingerprint density at radius 2 is 1.94 bits per heavy atom. The van der Waals surface area contributed by atoms with Gasteiger partial charge in [0, 0.05) is 23.0 Å². The molecule has 1 spiro atoms. The number of aromatic nitrogens is 5. The highest BCUT2D eigenvalue weighted by Gasteiger charge is 2.49. The minimum atomic E-state index is -0.852. The van der Waals surface area contributed by atoms with E-state index in [0.717, 1.165) is 97.9 Å². The Morgan fingerprint density at radius 3 is 2.74 bits per heavy atom. The van der Waals surface area contributed by atoms with Crippen molar-refractivity contribution in [2.75, 3.05) is 37.9 Å². The molecule has 0 aromatic carbocycles. The van der Waals surface area contributed by atoms with Gasteiger partial charge in [0.25, 0.3) is 0 Å². The van der Waals surface area contributed by atoms with E-state index in [1.165, 1.54) is 4.88 Å². The Kier molecular flexibility index (Phi) is 6.50. The molecule has 2 fully saturated rings. The summed E-state index contributed by atoms with van der Waals surface area (Å²) in [6.45, 7) is 2.82. The van der Waals surface area contributed by atoms with Crippen molar-refractivity contribution in [1.29, 1.82) is 5.26 Å². The van der Waals surface area contributed by atoms with Crippen molar-refractivity contribution in [2.24, 2.45) is 0 Å². The van der Waals surface area contributed by atoms with Gasteiger partial charge in [0.1, 0.15) is 28.9 Å². The van der Waals surface area contributed by atoms with E-state index in [1.807, 2.05) is 6.92 Å². The van der Waals surface area contributed by atoms with Crippen molar-refractivity contribution in [3.05, 3.63) is 27.3 Å². The highest BCUT2D eigenvalue weighted by molar-refractivity contribution is 7.16. The van der Waals surface area contributed by atoms with Crippen LogP contribution in [0.3, 0.4) is 0 Å². The second-order valence-electron chi connectivity index (χ2n) is 14.9. The normalized spacial score (nSPS) is 29.8. The smallest absolute Gasteiger partial charge is 0.246 e. The predicted molar refractivity (Wildman–Crippen MR) is 178 cm³/mol. The minimum absolute atomic E-state index is 0.0634. The van der Waals surface area contributed by atoms with Crippen molar-refractivity contribution >= 4 is 33.2 Å². The third-order valence-electron chi connectivity index (χ3n) is 11.6. The molecule has 4 aromatic heterocycles. The van der Waals surface area contributed by atoms with Crippen LogP contribution in [-0.4, -0.2) is 79.8 Å². The fraction of sp³-hybridized carbons (Fsp3) is 0.618. The number of nitrogens with two attached hydrogens (primary N) is 1. The van der Waals surface area contributed by atoms with Gasteiger partial charge in [0.15, 0.2) is 22.9 Å².